The molecule has 1 aromatic carbocycles. The number of para-hydroxylation sites is 1. The lowest BCUT2D eigenvalue weighted by Crippen LogP contribution is -2.14. The number of aliphatic hydroxyl groups excluding tert-OH is 1. The van der Waals surface area contributed by atoms with Gasteiger partial charge in [-0.25, -0.2) is 0 Å². The quantitative estimate of drug-likeness (QED) is 0.491. The molecule has 2 aromatic rings. The number of hydrogen-bond acceptors (Lipinski definition) is 6. The van der Waals surface area contributed by atoms with Crippen LogP contribution >= 0.6 is 0 Å². The molecule has 0 aliphatic carbocycles. The van der Waals surface area contributed by atoms with Crippen LogP contribution in [0.2, 0.25) is 0 Å². The third kappa shape index (κ3) is 4.52. The van der Waals surface area contributed by atoms with Crippen LogP contribution in [0.1, 0.15) is 33.5 Å². The van der Waals surface area contributed by atoms with Crippen LogP contribution in [-0.4, -0.2) is 16.2 Å². The number of benzene rings is 1. The molecular weight excluding hydrogens is 308 g/mol. The van der Waals surface area contributed by atoms with Crippen molar-refractivity contribution in [3.05, 3.63) is 53.6 Å². The van der Waals surface area contributed by atoms with Gasteiger partial charge in [-0.1, -0.05) is 44.1 Å². The number of nitrogens with zero attached hydrogens (tertiary/aromatic N) is 3. The van der Waals surface area contributed by atoms with E-state index in [0.717, 1.165) is 0 Å². The van der Waals surface area contributed by atoms with E-state index >= 15 is 0 Å². The summed E-state index contributed by atoms with van der Waals surface area (Å²) in [4.78, 5) is 12.2. The Labute approximate surface area is 140 Å². The van der Waals surface area contributed by atoms with Gasteiger partial charge in [0.25, 0.3) is 5.91 Å². The summed E-state index contributed by atoms with van der Waals surface area (Å²) in [5.41, 5.74) is 0.184. The number of nitrogens with one attached hydrogen (secondary N) is 1. The van der Waals surface area contributed by atoms with Gasteiger partial charge in [0.1, 0.15) is 11.5 Å². The average Bonchev–Trinajstić information content (AvgIpc) is 2.97. The number of allylic oxidation sites excluding steroid dienone is 1. The van der Waals surface area contributed by atoms with E-state index in [4.69, 9.17) is 4.52 Å². The van der Waals surface area contributed by atoms with Crippen molar-refractivity contribution < 1.29 is 14.4 Å². The molecule has 1 amide bonds. The van der Waals surface area contributed by atoms with Gasteiger partial charge in [0.15, 0.2) is 5.70 Å². The number of azo groups is 1. The number of carbonyl (C=O) groups excluding carboxylic acids is 1. The van der Waals surface area contributed by atoms with Gasteiger partial charge in [-0.3, -0.25) is 4.79 Å². The molecule has 0 saturated carbocycles. The second-order valence-corrected chi connectivity index (χ2v) is 6.25. The van der Waals surface area contributed by atoms with Gasteiger partial charge >= 0.3 is 0 Å². The first-order chi connectivity index (χ1) is 11.3. The Kier molecular flexibility index (Phi) is 5.13. The summed E-state index contributed by atoms with van der Waals surface area (Å²) in [5, 5.41) is 23.8. The fraction of sp³-hybridized carbons (Fsp3) is 0.294. The van der Waals surface area contributed by atoms with E-state index in [1.165, 1.54) is 6.92 Å². The zero-order valence-corrected chi connectivity index (χ0v) is 14.1. The van der Waals surface area contributed by atoms with E-state index < -0.39 is 5.91 Å². The van der Waals surface area contributed by atoms with E-state index in [1.807, 2.05) is 26.8 Å². The molecule has 7 nitrogen and oxygen atoms in total. The Morgan fingerprint density at radius 1 is 1.25 bits per heavy atom. The van der Waals surface area contributed by atoms with E-state index in [-0.39, 0.29) is 22.7 Å². The molecule has 2 N–H and O–H groups in total. The van der Waals surface area contributed by atoms with Gasteiger partial charge in [-0.05, 0) is 19.1 Å². The Morgan fingerprint density at radius 3 is 2.46 bits per heavy atom. The van der Waals surface area contributed by atoms with Crippen molar-refractivity contribution in [3.63, 3.8) is 0 Å². The van der Waals surface area contributed by atoms with E-state index in [1.54, 1.807) is 30.3 Å². The number of aromatic nitrogens is 1. The van der Waals surface area contributed by atoms with Crippen molar-refractivity contribution >= 4 is 17.4 Å². The molecule has 0 radical (unpaired) electrons. The second-order valence-electron chi connectivity index (χ2n) is 6.25. The smallest absolute Gasteiger partial charge is 0.279 e. The molecule has 0 unspecified atom stereocenters. The first-order valence-corrected chi connectivity index (χ1v) is 7.42. The average molecular weight is 328 g/mol. The SMILES string of the molecule is C/C(O)=C(/N=Nc1cc(C(C)(C)C)on1)C(=O)Nc1ccccc1. The van der Waals surface area contributed by atoms with Gasteiger partial charge in [0.05, 0.1) is 0 Å². The van der Waals surface area contributed by atoms with Crippen molar-refractivity contribution in [2.24, 2.45) is 10.2 Å². The normalized spacial score (nSPS) is 13.0. The van der Waals surface area contributed by atoms with E-state index in [0.29, 0.717) is 11.4 Å². The Balaban J connectivity index is 2.16. The van der Waals surface area contributed by atoms with Gasteiger partial charge in [-0.2, -0.15) is 0 Å². The molecule has 1 aromatic heterocycles. The van der Waals surface area contributed by atoms with Crippen LogP contribution < -0.4 is 5.32 Å². The minimum Gasteiger partial charge on any atom is -0.510 e. The fourth-order valence-electron chi connectivity index (χ4n) is 1.76. The molecule has 126 valence electrons. The molecule has 0 saturated heterocycles. The Hall–Kier alpha value is -2.96. The molecule has 24 heavy (non-hydrogen) atoms. The molecule has 0 atom stereocenters. The standard InChI is InChI=1S/C17H20N4O3/c1-11(22)15(16(23)18-12-8-6-5-7-9-12)20-19-14-10-13(24-21-14)17(2,3)4/h5-10,22H,1-4H3,(H,18,23)/b15-11-,20-19?. The highest BCUT2D eigenvalue weighted by Gasteiger charge is 2.20. The van der Waals surface area contributed by atoms with Crippen LogP contribution in [0.15, 0.2) is 62.6 Å². The maximum absolute atomic E-state index is 12.2. The molecule has 0 spiro atoms. The number of rotatable bonds is 4. The molecule has 0 fully saturated rings. The van der Waals surface area contributed by atoms with Crippen LogP contribution in [-0.2, 0) is 10.2 Å². The zero-order chi connectivity index (χ0) is 17.7. The van der Waals surface area contributed by atoms with Crippen molar-refractivity contribution in [3.8, 4) is 0 Å². The lowest BCUT2D eigenvalue weighted by atomic mass is 9.93. The van der Waals surface area contributed by atoms with Crippen LogP contribution in [0.5, 0.6) is 0 Å². The third-order valence-electron chi connectivity index (χ3n) is 3.08. The number of anilines is 1. The lowest BCUT2D eigenvalue weighted by molar-refractivity contribution is -0.113. The maximum atomic E-state index is 12.2. The molecular formula is C17H20N4O3. The highest BCUT2D eigenvalue weighted by Crippen LogP contribution is 2.26. The Bertz CT molecular complexity index is 767. The predicted octanol–water partition coefficient (Wildman–Crippen LogP) is 4.48. The van der Waals surface area contributed by atoms with Crippen LogP contribution in [0.3, 0.4) is 0 Å². The van der Waals surface area contributed by atoms with Crippen molar-refractivity contribution in [1.29, 1.82) is 0 Å². The number of aliphatic hydroxyl groups is 1. The van der Waals surface area contributed by atoms with E-state index in [9.17, 15) is 9.90 Å². The third-order valence-corrected chi connectivity index (χ3v) is 3.08. The Morgan fingerprint density at radius 2 is 1.92 bits per heavy atom. The lowest BCUT2D eigenvalue weighted by Gasteiger charge is -2.11. The summed E-state index contributed by atoms with van der Waals surface area (Å²) in [6.07, 6.45) is 0. The van der Waals surface area contributed by atoms with Gasteiger partial charge < -0.3 is 14.9 Å². The van der Waals surface area contributed by atoms with Crippen LogP contribution in [0.25, 0.3) is 0 Å². The highest BCUT2D eigenvalue weighted by atomic mass is 16.5. The summed E-state index contributed by atoms with van der Waals surface area (Å²) in [5.74, 6) is 0.0684. The van der Waals surface area contributed by atoms with Crippen molar-refractivity contribution in [2.75, 3.05) is 5.32 Å². The maximum Gasteiger partial charge on any atom is 0.279 e. The largest absolute Gasteiger partial charge is 0.510 e. The molecule has 7 heteroatoms. The fourth-order valence-corrected chi connectivity index (χ4v) is 1.76. The van der Waals surface area contributed by atoms with E-state index in [2.05, 4.69) is 20.7 Å². The van der Waals surface area contributed by atoms with Crippen molar-refractivity contribution in [1.82, 2.24) is 5.16 Å². The minimum atomic E-state index is -0.565. The number of amides is 1. The van der Waals surface area contributed by atoms with Gasteiger partial charge in [0, 0.05) is 17.2 Å². The summed E-state index contributed by atoms with van der Waals surface area (Å²) in [6, 6.07) is 10.5. The number of hydrogen-bond donors (Lipinski definition) is 2. The molecule has 0 aliphatic heterocycles. The highest BCUT2D eigenvalue weighted by molar-refractivity contribution is 6.03. The zero-order valence-electron chi connectivity index (χ0n) is 14.1. The summed E-state index contributed by atoms with van der Waals surface area (Å²) >= 11 is 0. The topological polar surface area (TPSA) is 100 Å². The summed E-state index contributed by atoms with van der Waals surface area (Å²) < 4.78 is 5.20. The first kappa shape index (κ1) is 17.4. The van der Waals surface area contributed by atoms with Gasteiger partial charge in [-0.15, -0.1) is 10.2 Å². The summed E-state index contributed by atoms with van der Waals surface area (Å²) in [6.45, 7) is 7.29. The molecule has 2 rings (SSSR count). The first-order valence-electron chi connectivity index (χ1n) is 7.42. The van der Waals surface area contributed by atoms with Gasteiger partial charge in [0.2, 0.25) is 5.82 Å². The minimum absolute atomic E-state index is 0.195. The summed E-state index contributed by atoms with van der Waals surface area (Å²) in [7, 11) is 0. The van der Waals surface area contributed by atoms with Crippen LogP contribution in [0, 0.1) is 0 Å². The molecule has 0 aliphatic rings. The second kappa shape index (κ2) is 7.08. The monoisotopic (exact) mass is 328 g/mol. The molecule has 1 heterocycles. The number of carbonyl (C=O) groups is 1. The predicted molar refractivity (Wildman–Crippen MR) is 90.1 cm³/mol. The molecule has 0 bridgehead atoms. The van der Waals surface area contributed by atoms with Crippen molar-refractivity contribution in [2.45, 2.75) is 33.1 Å². The van der Waals surface area contributed by atoms with Crippen LogP contribution in [0.4, 0.5) is 11.5 Å².